The van der Waals surface area contributed by atoms with Crippen molar-refractivity contribution < 1.29 is 14.1 Å². The first-order chi connectivity index (χ1) is 11.1. The summed E-state index contributed by atoms with van der Waals surface area (Å²) in [7, 11) is 0. The van der Waals surface area contributed by atoms with Crippen molar-refractivity contribution in [3.8, 4) is 0 Å². The topological polar surface area (TPSA) is 129 Å². The molecule has 3 heterocycles. The monoisotopic (exact) mass is 314 g/mol. The van der Waals surface area contributed by atoms with Crippen LogP contribution in [0.4, 0.5) is 11.6 Å². The third-order valence-corrected chi connectivity index (χ3v) is 2.82. The number of amides is 1. The molecule has 0 spiro atoms. The molecule has 1 N–H and O–H groups in total. The van der Waals surface area contributed by atoms with Gasteiger partial charge in [-0.3, -0.25) is 24.9 Å². The van der Waals surface area contributed by atoms with Crippen LogP contribution in [-0.2, 0) is 6.54 Å². The molecule has 3 aromatic rings. The van der Waals surface area contributed by atoms with E-state index >= 15 is 0 Å². The number of aromatic nitrogens is 4. The summed E-state index contributed by atoms with van der Waals surface area (Å²) >= 11 is 0. The van der Waals surface area contributed by atoms with Crippen molar-refractivity contribution in [1.82, 2.24) is 19.7 Å². The van der Waals surface area contributed by atoms with Gasteiger partial charge in [0.1, 0.15) is 18.2 Å². The molecule has 0 saturated carbocycles. The minimum atomic E-state index is -0.537. The van der Waals surface area contributed by atoms with Gasteiger partial charge < -0.3 is 4.42 Å². The SMILES string of the molecule is O=C(Nc1ncccn1)c1ccc(Cn2cc([N+](=O)[O-])cn2)o1. The van der Waals surface area contributed by atoms with Crippen LogP contribution in [-0.4, -0.2) is 30.6 Å². The van der Waals surface area contributed by atoms with E-state index in [0.29, 0.717) is 5.76 Å². The van der Waals surface area contributed by atoms with Crippen molar-refractivity contribution in [2.45, 2.75) is 6.54 Å². The molecule has 0 radical (unpaired) electrons. The van der Waals surface area contributed by atoms with Gasteiger partial charge in [-0.2, -0.15) is 5.10 Å². The molecule has 10 heteroatoms. The quantitative estimate of drug-likeness (QED) is 0.557. The Hall–Kier alpha value is -3.56. The number of rotatable bonds is 5. The van der Waals surface area contributed by atoms with E-state index in [2.05, 4.69) is 20.4 Å². The summed E-state index contributed by atoms with van der Waals surface area (Å²) in [6.07, 6.45) is 5.42. The van der Waals surface area contributed by atoms with E-state index in [9.17, 15) is 14.9 Å². The summed E-state index contributed by atoms with van der Waals surface area (Å²) in [4.78, 5) is 29.8. The maximum Gasteiger partial charge on any atom is 0.307 e. The molecule has 0 unspecified atom stereocenters. The molecule has 0 saturated heterocycles. The zero-order chi connectivity index (χ0) is 16.2. The molecular formula is C13H10N6O4. The summed E-state index contributed by atoms with van der Waals surface area (Å²) in [5, 5.41) is 16.9. The zero-order valence-corrected chi connectivity index (χ0v) is 11.6. The summed E-state index contributed by atoms with van der Waals surface area (Å²) in [6.45, 7) is 0.170. The molecule has 0 aromatic carbocycles. The van der Waals surface area contributed by atoms with Gasteiger partial charge in [0.15, 0.2) is 5.76 Å². The van der Waals surface area contributed by atoms with Crippen molar-refractivity contribution in [2.75, 3.05) is 5.32 Å². The Balaban J connectivity index is 1.67. The van der Waals surface area contributed by atoms with Crippen LogP contribution in [0.5, 0.6) is 0 Å². The van der Waals surface area contributed by atoms with E-state index in [1.807, 2.05) is 0 Å². The predicted octanol–water partition coefficient (Wildman–Crippen LogP) is 1.47. The molecule has 3 rings (SSSR count). The number of nitrogens with one attached hydrogen (secondary N) is 1. The van der Waals surface area contributed by atoms with Gasteiger partial charge in [-0.15, -0.1) is 0 Å². The second kappa shape index (κ2) is 6.05. The summed E-state index contributed by atoms with van der Waals surface area (Å²) in [5.74, 6) is 0.184. The largest absolute Gasteiger partial charge is 0.454 e. The van der Waals surface area contributed by atoms with Crippen molar-refractivity contribution in [2.24, 2.45) is 0 Å². The number of hydrogen-bond donors (Lipinski definition) is 1. The fraction of sp³-hybridized carbons (Fsp3) is 0.0769. The number of nitrogens with zero attached hydrogens (tertiary/aromatic N) is 5. The lowest BCUT2D eigenvalue weighted by atomic mass is 10.4. The number of anilines is 1. The highest BCUT2D eigenvalue weighted by atomic mass is 16.6. The van der Waals surface area contributed by atoms with Crippen LogP contribution in [0.3, 0.4) is 0 Å². The minimum Gasteiger partial charge on any atom is -0.454 e. The Morgan fingerprint density at radius 2 is 2.13 bits per heavy atom. The van der Waals surface area contributed by atoms with Crippen LogP contribution >= 0.6 is 0 Å². The van der Waals surface area contributed by atoms with Gasteiger partial charge in [0.2, 0.25) is 5.95 Å². The van der Waals surface area contributed by atoms with Crippen LogP contribution in [0.25, 0.3) is 0 Å². The lowest BCUT2D eigenvalue weighted by molar-refractivity contribution is -0.385. The van der Waals surface area contributed by atoms with E-state index in [0.717, 1.165) is 6.20 Å². The molecule has 3 aromatic heterocycles. The van der Waals surface area contributed by atoms with Crippen LogP contribution in [0, 0.1) is 10.1 Å². The summed E-state index contributed by atoms with van der Waals surface area (Å²) in [6, 6.07) is 4.71. The zero-order valence-electron chi connectivity index (χ0n) is 11.6. The molecule has 0 aliphatic heterocycles. The molecule has 10 nitrogen and oxygen atoms in total. The molecule has 0 atom stereocenters. The molecular weight excluding hydrogens is 304 g/mol. The molecule has 0 fully saturated rings. The van der Waals surface area contributed by atoms with Crippen molar-refractivity contribution in [3.05, 3.63) is 64.6 Å². The molecule has 0 bridgehead atoms. The third-order valence-electron chi connectivity index (χ3n) is 2.82. The second-order valence-corrected chi connectivity index (χ2v) is 4.45. The first-order valence-corrected chi connectivity index (χ1v) is 6.46. The van der Waals surface area contributed by atoms with Crippen molar-refractivity contribution >= 4 is 17.5 Å². The molecule has 23 heavy (non-hydrogen) atoms. The number of nitro groups is 1. The Morgan fingerprint density at radius 3 is 2.83 bits per heavy atom. The van der Waals surface area contributed by atoms with Crippen molar-refractivity contribution in [3.63, 3.8) is 0 Å². The second-order valence-electron chi connectivity index (χ2n) is 4.45. The maximum absolute atomic E-state index is 12.0. The van der Waals surface area contributed by atoms with Gasteiger partial charge >= 0.3 is 5.69 Å². The van der Waals surface area contributed by atoms with Gasteiger partial charge in [-0.25, -0.2) is 9.97 Å². The predicted molar refractivity (Wildman–Crippen MR) is 76.7 cm³/mol. The minimum absolute atomic E-state index is 0.0779. The van der Waals surface area contributed by atoms with Crippen molar-refractivity contribution in [1.29, 1.82) is 0 Å². The Bertz CT molecular complexity index is 841. The van der Waals surface area contributed by atoms with Crippen LogP contribution < -0.4 is 5.32 Å². The average Bonchev–Trinajstić information content (AvgIpc) is 3.18. The highest BCUT2D eigenvalue weighted by Crippen LogP contribution is 2.13. The third kappa shape index (κ3) is 3.37. The van der Waals surface area contributed by atoms with E-state index in [1.54, 1.807) is 12.1 Å². The fourth-order valence-corrected chi connectivity index (χ4v) is 1.80. The summed E-state index contributed by atoms with van der Waals surface area (Å²) in [5.41, 5.74) is -0.115. The Kier molecular flexibility index (Phi) is 3.78. The number of furan rings is 1. The molecule has 1 amide bonds. The van der Waals surface area contributed by atoms with E-state index < -0.39 is 10.8 Å². The lowest BCUT2D eigenvalue weighted by Gasteiger charge is -2.00. The van der Waals surface area contributed by atoms with E-state index in [4.69, 9.17) is 4.42 Å². The number of hydrogen-bond acceptors (Lipinski definition) is 7. The fourth-order valence-electron chi connectivity index (χ4n) is 1.80. The van der Waals surface area contributed by atoms with Crippen LogP contribution in [0.1, 0.15) is 16.3 Å². The first-order valence-electron chi connectivity index (χ1n) is 6.46. The first kappa shape index (κ1) is 14.4. The highest BCUT2D eigenvalue weighted by molar-refractivity contribution is 6.01. The lowest BCUT2D eigenvalue weighted by Crippen LogP contribution is -2.13. The average molecular weight is 314 g/mol. The summed E-state index contributed by atoms with van der Waals surface area (Å²) < 4.78 is 6.74. The van der Waals surface area contributed by atoms with Crippen LogP contribution in [0.2, 0.25) is 0 Å². The highest BCUT2D eigenvalue weighted by Gasteiger charge is 2.14. The smallest absolute Gasteiger partial charge is 0.307 e. The van der Waals surface area contributed by atoms with Gasteiger partial charge in [-0.1, -0.05) is 0 Å². The van der Waals surface area contributed by atoms with Gasteiger partial charge in [0, 0.05) is 12.4 Å². The Morgan fingerprint density at radius 1 is 1.35 bits per heavy atom. The van der Waals surface area contributed by atoms with E-state index in [1.165, 1.54) is 29.3 Å². The van der Waals surface area contributed by atoms with Gasteiger partial charge in [0.25, 0.3) is 5.91 Å². The number of carbonyl (C=O) groups excluding carboxylic acids is 1. The molecule has 0 aliphatic rings. The maximum atomic E-state index is 12.0. The van der Waals surface area contributed by atoms with Crippen LogP contribution in [0.15, 0.2) is 47.4 Å². The normalized spacial score (nSPS) is 10.4. The van der Waals surface area contributed by atoms with Gasteiger partial charge in [-0.05, 0) is 18.2 Å². The molecule has 0 aliphatic carbocycles. The number of carbonyl (C=O) groups is 1. The van der Waals surface area contributed by atoms with E-state index in [-0.39, 0.29) is 23.9 Å². The standard InChI is InChI=1S/C13H10N6O4/c20-12(17-13-14-4-1-5-15-13)11-3-2-10(23-11)8-18-7-9(6-16-18)19(21)22/h1-7H,8H2,(H,14,15,17,20). The molecule has 116 valence electrons. The Labute approximate surface area is 128 Å². The van der Waals surface area contributed by atoms with Gasteiger partial charge in [0.05, 0.1) is 11.5 Å².